The third-order valence-corrected chi connectivity index (χ3v) is 8.08. The molecule has 10 nitrogen and oxygen atoms in total. The minimum Gasteiger partial charge on any atom is -0.497 e. The zero-order chi connectivity index (χ0) is 29.6. The van der Waals surface area contributed by atoms with Crippen LogP contribution in [0.25, 0.3) is 6.08 Å². The predicted octanol–water partition coefficient (Wildman–Crippen LogP) is 5.54. The van der Waals surface area contributed by atoms with Crippen molar-refractivity contribution >= 4 is 62.9 Å². The number of benzene rings is 3. The number of amides is 3. The number of amidine groups is 1. The predicted molar refractivity (Wildman–Crippen MR) is 165 cm³/mol. The van der Waals surface area contributed by atoms with Gasteiger partial charge in [-0.1, -0.05) is 41.7 Å². The lowest BCUT2D eigenvalue weighted by atomic mass is 10.2. The molecule has 5 rings (SSSR count). The number of anilines is 2. The SMILES string of the molecule is COc1ccc(C(=O)Nc2nc(C)c(C(=O)N/N=C3/S/C(=C/c4cccc(OC)c4)C(=O)N3c3ccccc3)s2)cc1. The Bertz CT molecular complexity index is 1700. The van der Waals surface area contributed by atoms with E-state index in [1.165, 1.54) is 4.90 Å². The van der Waals surface area contributed by atoms with Crippen LogP contribution < -0.4 is 25.1 Å². The lowest BCUT2D eigenvalue weighted by molar-refractivity contribution is -0.113. The van der Waals surface area contributed by atoms with Crippen molar-refractivity contribution < 1.29 is 23.9 Å². The fourth-order valence-electron chi connectivity index (χ4n) is 3.96. The Labute approximate surface area is 250 Å². The minimum atomic E-state index is -0.520. The van der Waals surface area contributed by atoms with Gasteiger partial charge in [0, 0.05) is 5.56 Å². The molecular weight excluding hydrogens is 574 g/mol. The summed E-state index contributed by atoms with van der Waals surface area (Å²) in [5.41, 5.74) is 4.78. The van der Waals surface area contributed by atoms with Crippen molar-refractivity contribution in [3.05, 3.63) is 105 Å². The van der Waals surface area contributed by atoms with E-state index >= 15 is 0 Å². The first-order chi connectivity index (χ1) is 20.4. The zero-order valence-electron chi connectivity index (χ0n) is 22.8. The number of nitrogens with zero attached hydrogens (tertiary/aromatic N) is 3. The van der Waals surface area contributed by atoms with Crippen LogP contribution in [0.4, 0.5) is 10.8 Å². The maximum atomic E-state index is 13.5. The number of thioether (sulfide) groups is 1. The number of carbonyl (C=O) groups excluding carboxylic acids is 3. The monoisotopic (exact) mass is 599 g/mol. The summed E-state index contributed by atoms with van der Waals surface area (Å²) in [6.07, 6.45) is 1.75. The first kappa shape index (κ1) is 28.6. The average molecular weight is 600 g/mol. The summed E-state index contributed by atoms with van der Waals surface area (Å²) in [5.74, 6) is 0.134. The van der Waals surface area contributed by atoms with Crippen LogP contribution in [-0.4, -0.2) is 42.1 Å². The van der Waals surface area contributed by atoms with Gasteiger partial charge in [-0.05, 0) is 78.9 Å². The Morgan fingerprint density at radius 1 is 0.929 bits per heavy atom. The second-order valence-corrected chi connectivity index (χ2v) is 10.8. The highest BCUT2D eigenvalue weighted by Crippen LogP contribution is 2.36. The van der Waals surface area contributed by atoms with Gasteiger partial charge in [0.25, 0.3) is 17.7 Å². The number of para-hydroxylation sites is 1. The summed E-state index contributed by atoms with van der Waals surface area (Å²) in [5, 5.41) is 7.58. The lowest BCUT2D eigenvalue weighted by Crippen LogP contribution is -2.31. The molecule has 3 amide bonds. The van der Waals surface area contributed by atoms with Gasteiger partial charge in [0.05, 0.1) is 30.5 Å². The van der Waals surface area contributed by atoms with E-state index in [0.29, 0.717) is 33.3 Å². The molecule has 0 bridgehead atoms. The van der Waals surface area contributed by atoms with E-state index in [1.807, 2.05) is 42.5 Å². The molecule has 1 saturated heterocycles. The van der Waals surface area contributed by atoms with Crippen LogP contribution >= 0.6 is 23.1 Å². The standard InChI is InChI=1S/C30H25N5O5S2/c1-18-25(42-29(31-18)32-26(36)20-12-14-22(39-2)15-13-20)27(37)33-34-30-35(21-9-5-4-6-10-21)28(38)24(41-30)17-19-8-7-11-23(16-19)40-3/h4-17H,1-3H3,(H,33,37)(H,31,32,36)/b24-17+,34-30+. The number of hydrogen-bond acceptors (Lipinski definition) is 9. The second-order valence-electron chi connectivity index (χ2n) is 8.81. The van der Waals surface area contributed by atoms with Gasteiger partial charge in [-0.15, -0.1) is 5.10 Å². The molecule has 1 aliphatic heterocycles. The van der Waals surface area contributed by atoms with Crippen molar-refractivity contribution in [3.63, 3.8) is 0 Å². The second kappa shape index (κ2) is 12.7. The molecule has 0 aliphatic carbocycles. The maximum Gasteiger partial charge on any atom is 0.283 e. The highest BCUT2D eigenvalue weighted by molar-refractivity contribution is 8.19. The number of carbonyl (C=O) groups is 3. The molecule has 2 heterocycles. The molecule has 0 saturated carbocycles. The van der Waals surface area contributed by atoms with E-state index < -0.39 is 5.91 Å². The van der Waals surface area contributed by atoms with Crippen molar-refractivity contribution in [1.29, 1.82) is 0 Å². The maximum absolute atomic E-state index is 13.5. The van der Waals surface area contributed by atoms with E-state index in [1.54, 1.807) is 63.6 Å². The Balaban J connectivity index is 1.35. The molecule has 0 atom stereocenters. The van der Waals surface area contributed by atoms with E-state index in [-0.39, 0.29) is 27.0 Å². The summed E-state index contributed by atoms with van der Waals surface area (Å²) < 4.78 is 10.4. The smallest absolute Gasteiger partial charge is 0.283 e. The molecular formula is C30H25N5O5S2. The Hall–Kier alpha value is -4.94. The third-order valence-electron chi connectivity index (χ3n) is 6.04. The van der Waals surface area contributed by atoms with E-state index in [0.717, 1.165) is 28.7 Å². The number of aromatic nitrogens is 1. The number of aryl methyl sites for hydroxylation is 1. The quantitative estimate of drug-likeness (QED) is 0.201. The Morgan fingerprint density at radius 2 is 1.67 bits per heavy atom. The van der Waals surface area contributed by atoms with Gasteiger partial charge in [0.2, 0.25) is 0 Å². The fourth-order valence-corrected chi connectivity index (χ4v) is 5.75. The van der Waals surface area contributed by atoms with Gasteiger partial charge < -0.3 is 9.47 Å². The van der Waals surface area contributed by atoms with E-state index in [4.69, 9.17) is 9.47 Å². The van der Waals surface area contributed by atoms with Crippen LogP contribution in [0, 0.1) is 6.92 Å². The van der Waals surface area contributed by atoms with Gasteiger partial charge in [-0.25, -0.2) is 10.4 Å². The molecule has 0 radical (unpaired) electrons. The van der Waals surface area contributed by atoms with Crippen molar-refractivity contribution in [3.8, 4) is 11.5 Å². The molecule has 0 unspecified atom stereocenters. The van der Waals surface area contributed by atoms with E-state index in [9.17, 15) is 14.4 Å². The number of methoxy groups -OCH3 is 2. The number of thiazole rings is 1. The largest absolute Gasteiger partial charge is 0.497 e. The molecule has 4 aromatic rings. The highest BCUT2D eigenvalue weighted by atomic mass is 32.2. The first-order valence-corrected chi connectivity index (χ1v) is 14.2. The number of hydrogen-bond donors (Lipinski definition) is 2. The van der Waals surface area contributed by atoms with Crippen molar-refractivity contribution in [2.24, 2.45) is 5.10 Å². The van der Waals surface area contributed by atoms with Gasteiger partial charge in [0.1, 0.15) is 16.4 Å². The van der Waals surface area contributed by atoms with Crippen LogP contribution in [-0.2, 0) is 4.79 Å². The highest BCUT2D eigenvalue weighted by Gasteiger charge is 2.35. The first-order valence-electron chi connectivity index (χ1n) is 12.6. The number of nitrogens with one attached hydrogen (secondary N) is 2. The molecule has 1 aromatic heterocycles. The van der Waals surface area contributed by atoms with Crippen molar-refractivity contribution in [2.45, 2.75) is 6.92 Å². The Morgan fingerprint density at radius 3 is 2.38 bits per heavy atom. The number of ether oxygens (including phenoxy) is 2. The summed E-state index contributed by atoms with van der Waals surface area (Å²) in [7, 11) is 3.13. The van der Waals surface area contributed by atoms with Crippen LogP contribution in [0.15, 0.2) is 88.9 Å². The summed E-state index contributed by atoms with van der Waals surface area (Å²) in [6.45, 7) is 1.67. The summed E-state index contributed by atoms with van der Waals surface area (Å²) in [4.78, 5) is 45.7. The average Bonchev–Trinajstić information content (AvgIpc) is 3.54. The summed E-state index contributed by atoms with van der Waals surface area (Å²) >= 11 is 2.16. The molecule has 12 heteroatoms. The molecule has 3 aromatic carbocycles. The fraction of sp³-hybridized carbons (Fsp3) is 0.100. The minimum absolute atomic E-state index is 0.269. The lowest BCUT2D eigenvalue weighted by Gasteiger charge is -2.15. The topological polar surface area (TPSA) is 122 Å². The number of hydrazone groups is 1. The molecule has 1 aliphatic rings. The van der Waals surface area contributed by atoms with Gasteiger partial charge >= 0.3 is 0 Å². The van der Waals surface area contributed by atoms with Crippen molar-refractivity contribution in [1.82, 2.24) is 10.4 Å². The third kappa shape index (κ3) is 6.35. The van der Waals surface area contributed by atoms with Crippen molar-refractivity contribution in [2.75, 3.05) is 24.4 Å². The molecule has 42 heavy (non-hydrogen) atoms. The zero-order valence-corrected chi connectivity index (χ0v) is 24.4. The van der Waals surface area contributed by atoms with Gasteiger partial charge in [-0.3, -0.25) is 24.6 Å². The normalized spacial score (nSPS) is 14.7. The molecule has 2 N–H and O–H groups in total. The van der Waals surface area contributed by atoms with Crippen LogP contribution in [0.2, 0.25) is 0 Å². The van der Waals surface area contributed by atoms with Crippen LogP contribution in [0.3, 0.4) is 0 Å². The number of rotatable bonds is 8. The molecule has 1 fully saturated rings. The van der Waals surface area contributed by atoms with Crippen LogP contribution in [0.1, 0.15) is 31.3 Å². The van der Waals surface area contributed by atoms with Gasteiger partial charge in [-0.2, -0.15) is 0 Å². The van der Waals surface area contributed by atoms with Gasteiger partial charge in [0.15, 0.2) is 10.3 Å². The Kier molecular flexibility index (Phi) is 8.65. The van der Waals surface area contributed by atoms with Crippen LogP contribution in [0.5, 0.6) is 11.5 Å². The molecule has 212 valence electrons. The molecule has 0 spiro atoms. The van der Waals surface area contributed by atoms with E-state index in [2.05, 4.69) is 20.8 Å². The summed E-state index contributed by atoms with van der Waals surface area (Å²) in [6, 6.07) is 23.0.